The van der Waals surface area contributed by atoms with Crippen LogP contribution >= 0.6 is 22.9 Å². The average molecular weight is 563 g/mol. The van der Waals surface area contributed by atoms with E-state index in [1.165, 1.54) is 9.21 Å². The van der Waals surface area contributed by atoms with Gasteiger partial charge in [-0.3, -0.25) is 15.0 Å². The highest BCUT2D eigenvalue weighted by molar-refractivity contribution is 7.91. The molecule has 12 heteroatoms. The summed E-state index contributed by atoms with van der Waals surface area (Å²) >= 11 is 7.15. The molecule has 2 N–H and O–H groups in total. The Kier molecular flexibility index (Phi) is 7.88. The number of rotatable bonds is 7. The zero-order chi connectivity index (χ0) is 26.9. The van der Waals surface area contributed by atoms with Gasteiger partial charge in [0, 0.05) is 54.1 Å². The lowest BCUT2D eigenvalue weighted by Crippen LogP contribution is -2.57. The van der Waals surface area contributed by atoms with Gasteiger partial charge >= 0.3 is 5.97 Å². The Bertz CT molecular complexity index is 1460. The molecule has 196 valence electrons. The molecule has 4 rings (SSSR count). The van der Waals surface area contributed by atoms with Crippen molar-refractivity contribution in [3.8, 4) is 0 Å². The number of sulfonamides is 1. The lowest BCUT2D eigenvalue weighted by molar-refractivity contribution is -0.138. The number of thiophene rings is 1. The lowest BCUT2D eigenvalue weighted by Gasteiger charge is -2.40. The molecule has 1 aliphatic heterocycles. The number of fused-ring (bicyclic) bond motifs is 1. The number of carboxylic acids is 1. The van der Waals surface area contributed by atoms with E-state index in [-0.39, 0.29) is 36.2 Å². The van der Waals surface area contributed by atoms with Gasteiger partial charge in [-0.05, 0) is 42.6 Å². The van der Waals surface area contributed by atoms with Crippen LogP contribution in [0.4, 0.5) is 0 Å². The highest BCUT2D eigenvalue weighted by Crippen LogP contribution is 2.33. The average Bonchev–Trinajstić information content (AvgIpc) is 3.31. The smallest absolute Gasteiger partial charge is 0.305 e. The molecule has 1 saturated heterocycles. The summed E-state index contributed by atoms with van der Waals surface area (Å²) < 4.78 is 29.0. The molecular formula is C25H27ClN4O5S2. The summed E-state index contributed by atoms with van der Waals surface area (Å²) in [5.41, 5.74) is 1.01. The molecule has 0 aliphatic carbocycles. The minimum absolute atomic E-state index is 0.0449. The van der Waals surface area contributed by atoms with Crippen LogP contribution in [0.15, 0.2) is 52.7 Å². The largest absolute Gasteiger partial charge is 0.481 e. The molecule has 1 fully saturated rings. The topological polar surface area (TPSA) is 122 Å². The third kappa shape index (κ3) is 5.64. The monoisotopic (exact) mass is 562 g/mol. The third-order valence-electron chi connectivity index (χ3n) is 6.43. The second-order valence-corrected chi connectivity index (χ2v) is 12.5. The lowest BCUT2D eigenvalue weighted by atomic mass is 10.1. The number of carbonyl (C=O) groups is 2. The second-order valence-electron chi connectivity index (χ2n) is 8.80. The minimum atomic E-state index is -3.90. The Balaban J connectivity index is 1.55. The summed E-state index contributed by atoms with van der Waals surface area (Å²) in [7, 11) is -2.09. The number of aliphatic carboxylic acids is 1. The predicted octanol–water partition coefficient (Wildman–Crippen LogP) is 3.82. The number of nitrogens with one attached hydrogen (secondary N) is 1. The number of hydrogen-bond donors (Lipinski definition) is 2. The number of halogens is 1. The summed E-state index contributed by atoms with van der Waals surface area (Å²) in [6.45, 7) is 2.58. The molecule has 0 saturated carbocycles. The van der Waals surface area contributed by atoms with Gasteiger partial charge in [0.2, 0.25) is 0 Å². The zero-order valence-electron chi connectivity index (χ0n) is 20.3. The van der Waals surface area contributed by atoms with Gasteiger partial charge in [0.25, 0.3) is 15.9 Å². The van der Waals surface area contributed by atoms with E-state index in [2.05, 4.69) is 0 Å². The van der Waals surface area contributed by atoms with Gasteiger partial charge in [-0.1, -0.05) is 29.8 Å². The van der Waals surface area contributed by atoms with Crippen molar-refractivity contribution in [1.29, 1.82) is 5.41 Å². The number of carbonyl (C=O) groups excluding carboxylic acids is 1. The number of amides is 1. The van der Waals surface area contributed by atoms with Crippen LogP contribution in [0.25, 0.3) is 10.1 Å². The normalized spacial score (nSPS) is 16.6. The Morgan fingerprint density at radius 3 is 2.46 bits per heavy atom. The van der Waals surface area contributed by atoms with Crippen molar-refractivity contribution in [1.82, 2.24) is 14.1 Å². The Labute approximate surface area is 224 Å². The molecule has 37 heavy (non-hydrogen) atoms. The Morgan fingerprint density at radius 1 is 1.14 bits per heavy atom. The van der Waals surface area contributed by atoms with Gasteiger partial charge in [-0.15, -0.1) is 11.3 Å². The molecule has 1 amide bonds. The molecule has 1 atom stereocenters. The van der Waals surface area contributed by atoms with Crippen molar-refractivity contribution >= 4 is 60.8 Å². The number of amidine groups is 1. The maximum absolute atomic E-state index is 13.4. The summed E-state index contributed by atoms with van der Waals surface area (Å²) in [5.74, 6) is -1.17. The minimum Gasteiger partial charge on any atom is -0.481 e. The fourth-order valence-electron chi connectivity index (χ4n) is 4.24. The van der Waals surface area contributed by atoms with Gasteiger partial charge in [-0.2, -0.15) is 4.31 Å². The summed E-state index contributed by atoms with van der Waals surface area (Å²) in [5, 5.41) is 19.0. The van der Waals surface area contributed by atoms with Crippen LogP contribution in [0.5, 0.6) is 0 Å². The van der Waals surface area contributed by atoms with E-state index in [1.54, 1.807) is 60.5 Å². The molecule has 0 spiro atoms. The van der Waals surface area contributed by atoms with Crippen LogP contribution < -0.4 is 0 Å². The van der Waals surface area contributed by atoms with Crippen LogP contribution in [0.3, 0.4) is 0 Å². The van der Waals surface area contributed by atoms with Crippen molar-refractivity contribution in [2.75, 3.05) is 33.2 Å². The van der Waals surface area contributed by atoms with Crippen LogP contribution in [-0.2, 0) is 14.8 Å². The first kappa shape index (κ1) is 27.1. The number of carboxylic acid groups (broad SMARTS) is 1. The number of nitrogens with zero attached hydrogens (tertiary/aromatic N) is 3. The molecular weight excluding hydrogens is 536 g/mol. The van der Waals surface area contributed by atoms with Gasteiger partial charge in [0.15, 0.2) is 0 Å². The van der Waals surface area contributed by atoms with Crippen molar-refractivity contribution < 1.29 is 23.1 Å². The van der Waals surface area contributed by atoms with Gasteiger partial charge < -0.3 is 14.9 Å². The second kappa shape index (κ2) is 10.8. The van der Waals surface area contributed by atoms with E-state index in [9.17, 15) is 23.1 Å². The molecule has 2 heterocycles. The van der Waals surface area contributed by atoms with E-state index in [0.29, 0.717) is 28.5 Å². The van der Waals surface area contributed by atoms with Gasteiger partial charge in [0.1, 0.15) is 10.0 Å². The van der Waals surface area contributed by atoms with E-state index >= 15 is 0 Å². The summed E-state index contributed by atoms with van der Waals surface area (Å²) in [6, 6.07) is 12.5. The maximum Gasteiger partial charge on any atom is 0.305 e. The van der Waals surface area contributed by atoms with E-state index in [1.807, 2.05) is 6.92 Å². The van der Waals surface area contributed by atoms with Crippen LogP contribution in [0, 0.1) is 5.41 Å². The van der Waals surface area contributed by atoms with E-state index < -0.39 is 22.0 Å². The molecule has 3 aromatic rings. The van der Waals surface area contributed by atoms with Crippen molar-refractivity contribution in [2.24, 2.45) is 0 Å². The molecule has 2 aromatic carbocycles. The Morgan fingerprint density at radius 2 is 1.81 bits per heavy atom. The maximum atomic E-state index is 13.4. The molecule has 0 radical (unpaired) electrons. The fourth-order valence-corrected chi connectivity index (χ4v) is 7.54. The highest BCUT2D eigenvalue weighted by Gasteiger charge is 2.38. The van der Waals surface area contributed by atoms with Crippen molar-refractivity contribution in [3.05, 3.63) is 64.7 Å². The number of piperazine rings is 1. The van der Waals surface area contributed by atoms with Gasteiger partial charge in [-0.25, -0.2) is 8.42 Å². The first-order chi connectivity index (χ1) is 17.5. The molecule has 0 bridgehead atoms. The fraction of sp³-hybridized carbons (Fsp3) is 0.320. The van der Waals surface area contributed by atoms with E-state index in [4.69, 9.17) is 17.0 Å². The first-order valence-electron chi connectivity index (χ1n) is 11.6. The summed E-state index contributed by atoms with van der Waals surface area (Å²) in [6.07, 6.45) is -0.385. The SMILES string of the molecule is CCN(C)C(=N)c1ccc(C(=O)N2CCN(S(=O)(=O)c3cc4ccc(Cl)cc4s3)CC2CC(=O)O)cc1. The molecule has 9 nitrogen and oxygen atoms in total. The molecule has 1 unspecified atom stereocenters. The van der Waals surface area contributed by atoms with Gasteiger partial charge in [0.05, 0.1) is 12.5 Å². The number of hydrogen-bond acceptors (Lipinski definition) is 6. The first-order valence-corrected chi connectivity index (χ1v) is 14.3. The number of benzene rings is 2. The predicted molar refractivity (Wildman–Crippen MR) is 144 cm³/mol. The molecule has 1 aromatic heterocycles. The molecule has 1 aliphatic rings. The van der Waals surface area contributed by atoms with Crippen molar-refractivity contribution in [2.45, 2.75) is 23.6 Å². The van der Waals surface area contributed by atoms with Crippen molar-refractivity contribution in [3.63, 3.8) is 0 Å². The Hall–Kier alpha value is -2.99. The quantitative estimate of drug-likeness (QED) is 0.333. The third-order valence-corrected chi connectivity index (χ3v) is 10.1. The highest BCUT2D eigenvalue weighted by atomic mass is 35.5. The van der Waals surface area contributed by atoms with Crippen LogP contribution in [0.1, 0.15) is 29.3 Å². The van der Waals surface area contributed by atoms with Crippen LogP contribution in [0.2, 0.25) is 5.02 Å². The standard InChI is InChI=1S/C25H27ClN4O5S2/c1-3-28(2)24(27)16-4-6-17(7-5-16)25(33)30-11-10-29(15-20(30)14-22(31)32)37(34,35)23-12-18-8-9-19(26)13-21(18)36-23/h4-9,12-13,20,27H,3,10-11,14-15H2,1-2H3,(H,31,32). The summed E-state index contributed by atoms with van der Waals surface area (Å²) in [4.78, 5) is 28.1. The van der Waals surface area contributed by atoms with E-state index in [0.717, 1.165) is 21.4 Å². The zero-order valence-corrected chi connectivity index (χ0v) is 22.7. The van der Waals surface area contributed by atoms with Crippen LogP contribution in [-0.4, -0.2) is 84.6 Å².